The fourth-order valence-corrected chi connectivity index (χ4v) is 1.70. The first-order valence-corrected chi connectivity index (χ1v) is 6.72. The van der Waals surface area contributed by atoms with Crippen LogP contribution in [0.15, 0.2) is 48.5 Å². The molecule has 0 aliphatic heterocycles. The van der Waals surface area contributed by atoms with Crippen LogP contribution in [0.1, 0.15) is 25.3 Å². The first kappa shape index (κ1) is 14.0. The summed E-state index contributed by atoms with van der Waals surface area (Å²) in [6.45, 7) is 2.87. The van der Waals surface area contributed by atoms with Gasteiger partial charge in [-0.2, -0.15) is 5.26 Å². The van der Waals surface area contributed by atoms with E-state index >= 15 is 0 Å². The Hall–Kier alpha value is -2.47. The Bertz CT molecular complexity index is 585. The minimum Gasteiger partial charge on any atom is -0.494 e. The first-order valence-electron chi connectivity index (χ1n) is 6.72. The van der Waals surface area contributed by atoms with Crippen molar-refractivity contribution in [2.75, 3.05) is 6.61 Å². The Morgan fingerprint density at radius 1 is 1.00 bits per heavy atom. The minimum absolute atomic E-state index is 0.585. The Balaban J connectivity index is 1.98. The van der Waals surface area contributed by atoms with Crippen molar-refractivity contribution >= 4 is 0 Å². The third-order valence-corrected chi connectivity index (χ3v) is 2.79. The lowest BCUT2D eigenvalue weighted by Gasteiger charge is -2.08. The molecule has 0 heterocycles. The van der Waals surface area contributed by atoms with E-state index in [4.69, 9.17) is 14.7 Å². The van der Waals surface area contributed by atoms with Crippen LogP contribution in [0.2, 0.25) is 0 Å². The van der Waals surface area contributed by atoms with Crippen LogP contribution in [-0.4, -0.2) is 6.61 Å². The van der Waals surface area contributed by atoms with Gasteiger partial charge in [0.2, 0.25) is 0 Å². The van der Waals surface area contributed by atoms with Crippen LogP contribution >= 0.6 is 0 Å². The normalized spacial score (nSPS) is 9.80. The number of benzene rings is 2. The van der Waals surface area contributed by atoms with Crippen LogP contribution in [0, 0.1) is 11.3 Å². The zero-order valence-corrected chi connectivity index (χ0v) is 11.5. The zero-order chi connectivity index (χ0) is 14.2. The van der Waals surface area contributed by atoms with Gasteiger partial charge in [-0.05, 0) is 48.9 Å². The maximum atomic E-state index is 8.85. The number of hydrogen-bond acceptors (Lipinski definition) is 3. The summed E-state index contributed by atoms with van der Waals surface area (Å²) in [6, 6.07) is 16.7. The van der Waals surface area contributed by atoms with Crippen molar-refractivity contribution in [1.82, 2.24) is 0 Å². The quantitative estimate of drug-likeness (QED) is 0.722. The summed E-state index contributed by atoms with van der Waals surface area (Å²) in [4.78, 5) is 0. The molecule has 20 heavy (non-hydrogen) atoms. The van der Waals surface area contributed by atoms with Crippen molar-refractivity contribution in [3.8, 4) is 23.3 Å². The van der Waals surface area contributed by atoms with E-state index in [1.165, 1.54) is 0 Å². The van der Waals surface area contributed by atoms with Crippen molar-refractivity contribution in [1.29, 1.82) is 5.26 Å². The van der Waals surface area contributed by atoms with Gasteiger partial charge in [0.05, 0.1) is 18.2 Å². The second-order valence-corrected chi connectivity index (χ2v) is 4.42. The van der Waals surface area contributed by atoms with Crippen LogP contribution in [-0.2, 0) is 0 Å². The van der Waals surface area contributed by atoms with Gasteiger partial charge in [-0.1, -0.05) is 19.4 Å². The highest BCUT2D eigenvalue weighted by Gasteiger charge is 2.00. The summed E-state index contributed by atoms with van der Waals surface area (Å²) in [6.07, 6.45) is 2.18. The van der Waals surface area contributed by atoms with Crippen LogP contribution in [0.5, 0.6) is 17.2 Å². The van der Waals surface area contributed by atoms with Crippen molar-refractivity contribution in [2.45, 2.75) is 19.8 Å². The Kier molecular flexibility index (Phi) is 5.02. The Labute approximate surface area is 119 Å². The molecule has 0 aliphatic carbocycles. The molecule has 2 aromatic rings. The van der Waals surface area contributed by atoms with E-state index in [2.05, 4.69) is 13.0 Å². The van der Waals surface area contributed by atoms with Crippen molar-refractivity contribution < 1.29 is 9.47 Å². The lowest BCUT2D eigenvalue weighted by Crippen LogP contribution is -1.96. The number of unbranched alkanes of at least 4 members (excludes halogenated alkanes) is 1. The summed E-state index contributed by atoms with van der Waals surface area (Å²) >= 11 is 0. The van der Waals surface area contributed by atoms with Crippen molar-refractivity contribution in [3.63, 3.8) is 0 Å². The fourth-order valence-electron chi connectivity index (χ4n) is 1.70. The summed E-state index contributed by atoms with van der Waals surface area (Å²) in [7, 11) is 0. The van der Waals surface area contributed by atoms with Gasteiger partial charge >= 0.3 is 0 Å². The number of ether oxygens (including phenoxy) is 2. The number of rotatable bonds is 6. The second kappa shape index (κ2) is 7.20. The lowest BCUT2D eigenvalue weighted by molar-refractivity contribution is 0.309. The molecule has 0 atom stereocenters. The van der Waals surface area contributed by atoms with E-state index in [1.54, 1.807) is 18.2 Å². The highest BCUT2D eigenvalue weighted by atomic mass is 16.5. The molecule has 0 amide bonds. The minimum atomic E-state index is 0.585. The molecule has 2 rings (SSSR count). The van der Waals surface area contributed by atoms with E-state index in [9.17, 15) is 0 Å². The molecule has 0 fully saturated rings. The number of nitriles is 1. The monoisotopic (exact) mass is 267 g/mol. The van der Waals surface area contributed by atoms with Gasteiger partial charge in [-0.15, -0.1) is 0 Å². The van der Waals surface area contributed by atoms with E-state index < -0.39 is 0 Å². The Morgan fingerprint density at radius 2 is 1.75 bits per heavy atom. The van der Waals surface area contributed by atoms with Crippen molar-refractivity contribution in [2.24, 2.45) is 0 Å². The van der Waals surface area contributed by atoms with E-state index in [-0.39, 0.29) is 0 Å². The number of nitrogens with zero attached hydrogens (tertiary/aromatic N) is 1. The molecular formula is C17H17NO2. The lowest BCUT2D eigenvalue weighted by atomic mass is 10.2. The van der Waals surface area contributed by atoms with Gasteiger partial charge in [0.1, 0.15) is 17.2 Å². The van der Waals surface area contributed by atoms with E-state index in [0.29, 0.717) is 11.3 Å². The maximum absolute atomic E-state index is 8.85. The summed E-state index contributed by atoms with van der Waals surface area (Å²) in [5.41, 5.74) is 0.585. The molecule has 0 aromatic heterocycles. The predicted octanol–water partition coefficient (Wildman–Crippen LogP) is 4.53. The molecule has 0 saturated heterocycles. The molecule has 0 spiro atoms. The van der Waals surface area contributed by atoms with Crippen LogP contribution in [0.4, 0.5) is 0 Å². The van der Waals surface area contributed by atoms with Gasteiger partial charge in [0.25, 0.3) is 0 Å². The molecule has 0 saturated carbocycles. The van der Waals surface area contributed by atoms with E-state index in [1.807, 2.05) is 30.3 Å². The molecule has 0 radical (unpaired) electrons. The Morgan fingerprint density at radius 3 is 2.45 bits per heavy atom. The van der Waals surface area contributed by atoms with Crippen LogP contribution in [0.25, 0.3) is 0 Å². The van der Waals surface area contributed by atoms with Gasteiger partial charge in [0.15, 0.2) is 0 Å². The largest absolute Gasteiger partial charge is 0.494 e. The molecule has 2 aromatic carbocycles. The smallest absolute Gasteiger partial charge is 0.128 e. The molecule has 0 aliphatic rings. The predicted molar refractivity (Wildman–Crippen MR) is 78.1 cm³/mol. The molecule has 3 heteroatoms. The number of hydrogen-bond donors (Lipinski definition) is 0. The molecule has 0 unspecified atom stereocenters. The van der Waals surface area contributed by atoms with Crippen molar-refractivity contribution in [3.05, 3.63) is 54.1 Å². The van der Waals surface area contributed by atoms with Gasteiger partial charge < -0.3 is 9.47 Å². The third-order valence-electron chi connectivity index (χ3n) is 2.79. The highest BCUT2D eigenvalue weighted by Crippen LogP contribution is 2.24. The SMILES string of the molecule is CCCCOc1ccc(Oc2cccc(C#N)c2)cc1. The van der Waals surface area contributed by atoms with Gasteiger partial charge in [-0.25, -0.2) is 0 Å². The average Bonchev–Trinajstić information content (AvgIpc) is 2.49. The molecule has 102 valence electrons. The average molecular weight is 267 g/mol. The van der Waals surface area contributed by atoms with Crippen LogP contribution < -0.4 is 9.47 Å². The van der Waals surface area contributed by atoms with Gasteiger partial charge in [-0.3, -0.25) is 0 Å². The van der Waals surface area contributed by atoms with Crippen LogP contribution in [0.3, 0.4) is 0 Å². The maximum Gasteiger partial charge on any atom is 0.128 e. The fraction of sp³-hybridized carbons (Fsp3) is 0.235. The third kappa shape index (κ3) is 4.03. The molecule has 3 nitrogen and oxygen atoms in total. The standard InChI is InChI=1S/C17H17NO2/c1-2-3-11-19-15-7-9-16(10-8-15)20-17-6-4-5-14(12-17)13-18/h4-10,12H,2-3,11H2,1H3. The highest BCUT2D eigenvalue weighted by molar-refractivity contribution is 5.40. The zero-order valence-electron chi connectivity index (χ0n) is 11.5. The summed E-state index contributed by atoms with van der Waals surface area (Å²) < 4.78 is 11.3. The molecule has 0 N–H and O–H groups in total. The molecular weight excluding hydrogens is 250 g/mol. The summed E-state index contributed by atoms with van der Waals surface area (Å²) in [5.74, 6) is 2.23. The first-order chi connectivity index (χ1) is 9.81. The topological polar surface area (TPSA) is 42.2 Å². The molecule has 0 bridgehead atoms. The second-order valence-electron chi connectivity index (χ2n) is 4.42. The van der Waals surface area contributed by atoms with E-state index in [0.717, 1.165) is 30.9 Å². The van der Waals surface area contributed by atoms with Gasteiger partial charge in [0, 0.05) is 0 Å². The summed E-state index contributed by atoms with van der Waals surface area (Å²) in [5, 5.41) is 8.85.